The maximum absolute atomic E-state index is 11.7. The van der Waals surface area contributed by atoms with Crippen LogP contribution in [0.25, 0.3) is 0 Å². The number of fused-ring (bicyclic) bond motifs is 1. The van der Waals surface area contributed by atoms with E-state index in [4.69, 9.17) is 14.6 Å². The van der Waals surface area contributed by atoms with Crippen LogP contribution in [-0.2, 0) is 16.0 Å². The monoisotopic (exact) mass is 279 g/mol. The molecule has 1 aliphatic rings. The standard InChI is InChI=1S/C14H17NO5/c1-9(14(17)18)8-15-13(16)7-10-2-3-11-12(6-10)20-5-4-19-11/h2-3,6,9H,4-5,7-8H2,1H3,(H,15,16)(H,17,18)/t9-/m0/s1. The summed E-state index contributed by atoms with van der Waals surface area (Å²) in [6.07, 6.45) is 0.184. The van der Waals surface area contributed by atoms with E-state index in [1.807, 2.05) is 0 Å². The Hall–Kier alpha value is -2.24. The number of hydrogen-bond donors (Lipinski definition) is 2. The minimum Gasteiger partial charge on any atom is -0.486 e. The van der Waals surface area contributed by atoms with Gasteiger partial charge in [-0.2, -0.15) is 0 Å². The maximum atomic E-state index is 11.7. The summed E-state index contributed by atoms with van der Waals surface area (Å²) in [5, 5.41) is 11.3. The van der Waals surface area contributed by atoms with Gasteiger partial charge in [0.1, 0.15) is 13.2 Å². The number of nitrogens with one attached hydrogen (secondary N) is 1. The highest BCUT2D eigenvalue weighted by atomic mass is 16.6. The van der Waals surface area contributed by atoms with Gasteiger partial charge in [-0.3, -0.25) is 9.59 Å². The fourth-order valence-electron chi connectivity index (χ4n) is 1.80. The topological polar surface area (TPSA) is 84.9 Å². The van der Waals surface area contributed by atoms with E-state index in [1.54, 1.807) is 25.1 Å². The first-order valence-electron chi connectivity index (χ1n) is 6.44. The zero-order valence-electron chi connectivity index (χ0n) is 11.2. The van der Waals surface area contributed by atoms with Crippen LogP contribution in [0.4, 0.5) is 0 Å². The smallest absolute Gasteiger partial charge is 0.308 e. The molecule has 0 aromatic heterocycles. The van der Waals surface area contributed by atoms with Crippen LogP contribution in [0.3, 0.4) is 0 Å². The third-order valence-electron chi connectivity index (χ3n) is 3.00. The van der Waals surface area contributed by atoms with Crippen LogP contribution in [-0.4, -0.2) is 36.7 Å². The lowest BCUT2D eigenvalue weighted by Gasteiger charge is -2.18. The van der Waals surface area contributed by atoms with Crippen molar-refractivity contribution in [1.29, 1.82) is 0 Å². The third kappa shape index (κ3) is 3.63. The third-order valence-corrected chi connectivity index (χ3v) is 3.00. The van der Waals surface area contributed by atoms with Crippen LogP contribution in [0.15, 0.2) is 18.2 Å². The first-order valence-corrected chi connectivity index (χ1v) is 6.44. The van der Waals surface area contributed by atoms with E-state index in [9.17, 15) is 9.59 Å². The van der Waals surface area contributed by atoms with Crippen LogP contribution in [0.2, 0.25) is 0 Å². The number of carboxylic acids is 1. The van der Waals surface area contributed by atoms with Crippen LogP contribution in [0.1, 0.15) is 12.5 Å². The van der Waals surface area contributed by atoms with Gasteiger partial charge in [0.2, 0.25) is 5.91 Å². The average molecular weight is 279 g/mol. The maximum Gasteiger partial charge on any atom is 0.308 e. The summed E-state index contributed by atoms with van der Waals surface area (Å²) in [5.41, 5.74) is 0.801. The second kappa shape index (κ2) is 6.27. The molecule has 1 aliphatic heterocycles. The first-order chi connectivity index (χ1) is 9.56. The van der Waals surface area contributed by atoms with Crippen molar-refractivity contribution in [3.8, 4) is 11.5 Å². The van der Waals surface area contributed by atoms with Crippen molar-refractivity contribution < 1.29 is 24.2 Å². The quantitative estimate of drug-likeness (QED) is 0.834. The molecule has 0 saturated heterocycles. The molecule has 2 rings (SSSR count). The van der Waals surface area contributed by atoms with Gasteiger partial charge in [0.15, 0.2) is 11.5 Å². The number of carboxylic acid groups (broad SMARTS) is 1. The molecular weight excluding hydrogens is 262 g/mol. The molecule has 0 spiro atoms. The Balaban J connectivity index is 1.89. The summed E-state index contributed by atoms with van der Waals surface area (Å²) in [4.78, 5) is 22.4. The lowest BCUT2D eigenvalue weighted by Crippen LogP contribution is -2.32. The highest BCUT2D eigenvalue weighted by Gasteiger charge is 2.15. The minimum absolute atomic E-state index is 0.124. The van der Waals surface area contributed by atoms with E-state index >= 15 is 0 Å². The number of carbonyl (C=O) groups excluding carboxylic acids is 1. The van der Waals surface area contributed by atoms with Gasteiger partial charge < -0.3 is 19.9 Å². The molecule has 0 aliphatic carbocycles. The SMILES string of the molecule is C[C@@H](CNC(=O)Cc1ccc2c(c1)OCCO2)C(=O)O. The van der Waals surface area contributed by atoms with Crippen molar-refractivity contribution in [3.63, 3.8) is 0 Å². The van der Waals surface area contributed by atoms with Crippen molar-refractivity contribution in [1.82, 2.24) is 5.32 Å². The predicted molar refractivity (Wildman–Crippen MR) is 70.9 cm³/mol. The summed E-state index contributed by atoms with van der Waals surface area (Å²) >= 11 is 0. The minimum atomic E-state index is -0.926. The van der Waals surface area contributed by atoms with Gasteiger partial charge in [-0.1, -0.05) is 13.0 Å². The Morgan fingerprint density at radius 2 is 2.00 bits per heavy atom. The number of amides is 1. The molecule has 1 aromatic carbocycles. The molecule has 0 bridgehead atoms. The summed E-state index contributed by atoms with van der Waals surface area (Å²) in [7, 11) is 0. The van der Waals surface area contributed by atoms with Crippen molar-refractivity contribution in [2.75, 3.05) is 19.8 Å². The van der Waals surface area contributed by atoms with E-state index in [2.05, 4.69) is 5.32 Å². The molecule has 0 saturated carbocycles. The summed E-state index contributed by atoms with van der Waals surface area (Å²) in [6, 6.07) is 5.35. The van der Waals surface area contributed by atoms with Crippen LogP contribution >= 0.6 is 0 Å². The van der Waals surface area contributed by atoms with Gasteiger partial charge >= 0.3 is 5.97 Å². The Morgan fingerprint density at radius 1 is 1.30 bits per heavy atom. The van der Waals surface area contributed by atoms with Gasteiger partial charge in [-0.05, 0) is 17.7 Å². The molecule has 0 unspecified atom stereocenters. The number of hydrogen-bond acceptors (Lipinski definition) is 4. The van der Waals surface area contributed by atoms with Gasteiger partial charge in [-0.25, -0.2) is 0 Å². The Morgan fingerprint density at radius 3 is 2.70 bits per heavy atom. The molecule has 6 nitrogen and oxygen atoms in total. The van der Waals surface area contributed by atoms with Crippen molar-refractivity contribution in [2.45, 2.75) is 13.3 Å². The molecule has 0 radical (unpaired) electrons. The average Bonchev–Trinajstić information content (AvgIpc) is 2.44. The highest BCUT2D eigenvalue weighted by molar-refractivity contribution is 5.79. The van der Waals surface area contributed by atoms with Crippen LogP contribution in [0.5, 0.6) is 11.5 Å². The lowest BCUT2D eigenvalue weighted by molar-refractivity contribution is -0.141. The van der Waals surface area contributed by atoms with E-state index < -0.39 is 11.9 Å². The fourth-order valence-corrected chi connectivity index (χ4v) is 1.80. The number of ether oxygens (including phenoxy) is 2. The second-order valence-electron chi connectivity index (χ2n) is 4.70. The molecular formula is C14H17NO5. The van der Waals surface area contributed by atoms with Crippen molar-refractivity contribution in [3.05, 3.63) is 23.8 Å². The summed E-state index contributed by atoms with van der Waals surface area (Å²) < 4.78 is 10.8. The van der Waals surface area contributed by atoms with E-state index in [0.29, 0.717) is 24.7 Å². The fraction of sp³-hybridized carbons (Fsp3) is 0.429. The number of carbonyl (C=O) groups is 2. The van der Waals surface area contributed by atoms with Gasteiger partial charge in [0.05, 0.1) is 12.3 Å². The zero-order chi connectivity index (χ0) is 14.5. The van der Waals surface area contributed by atoms with Crippen LogP contribution in [0, 0.1) is 5.92 Å². The Labute approximate surface area is 116 Å². The summed E-state index contributed by atoms with van der Waals surface area (Å²) in [5.74, 6) is -0.418. The largest absolute Gasteiger partial charge is 0.486 e. The molecule has 108 valence electrons. The van der Waals surface area contributed by atoms with E-state index in [-0.39, 0.29) is 18.9 Å². The molecule has 1 atom stereocenters. The van der Waals surface area contributed by atoms with Crippen LogP contribution < -0.4 is 14.8 Å². The predicted octanol–water partition coefficient (Wildman–Crippen LogP) is 0.837. The number of benzene rings is 1. The Bertz CT molecular complexity index is 514. The Kier molecular flexibility index (Phi) is 4.45. The molecule has 6 heteroatoms. The molecule has 2 N–H and O–H groups in total. The van der Waals surface area contributed by atoms with Crippen molar-refractivity contribution in [2.24, 2.45) is 5.92 Å². The number of aliphatic carboxylic acids is 1. The highest BCUT2D eigenvalue weighted by Crippen LogP contribution is 2.30. The van der Waals surface area contributed by atoms with E-state index in [1.165, 1.54) is 0 Å². The number of rotatable bonds is 5. The molecule has 1 aromatic rings. The molecule has 1 amide bonds. The molecule has 1 heterocycles. The zero-order valence-corrected chi connectivity index (χ0v) is 11.2. The van der Waals surface area contributed by atoms with Gasteiger partial charge in [-0.15, -0.1) is 0 Å². The lowest BCUT2D eigenvalue weighted by atomic mass is 10.1. The molecule has 0 fully saturated rings. The second-order valence-corrected chi connectivity index (χ2v) is 4.70. The van der Waals surface area contributed by atoms with Gasteiger partial charge in [0, 0.05) is 6.54 Å². The van der Waals surface area contributed by atoms with Gasteiger partial charge in [0.25, 0.3) is 0 Å². The normalized spacial score (nSPS) is 14.4. The summed E-state index contributed by atoms with van der Waals surface area (Å²) in [6.45, 7) is 2.70. The van der Waals surface area contributed by atoms with E-state index in [0.717, 1.165) is 5.56 Å². The van der Waals surface area contributed by atoms with Crippen molar-refractivity contribution >= 4 is 11.9 Å². The first kappa shape index (κ1) is 14.2. The molecule has 20 heavy (non-hydrogen) atoms.